The van der Waals surface area contributed by atoms with Crippen molar-refractivity contribution in [3.05, 3.63) is 30.3 Å². The minimum Gasteiger partial charge on any atom is -0.491 e. The summed E-state index contributed by atoms with van der Waals surface area (Å²) in [7, 11) is 0. The zero-order valence-electron chi connectivity index (χ0n) is 11.0. The van der Waals surface area contributed by atoms with E-state index in [-0.39, 0.29) is 5.54 Å². The highest BCUT2D eigenvalue weighted by Gasteiger charge is 2.06. The van der Waals surface area contributed by atoms with E-state index in [9.17, 15) is 0 Å². The van der Waals surface area contributed by atoms with Crippen LogP contribution in [0.15, 0.2) is 30.3 Å². The van der Waals surface area contributed by atoms with Crippen molar-refractivity contribution in [1.29, 1.82) is 0 Å². The molecule has 0 spiro atoms. The Hall–Kier alpha value is -1.06. The van der Waals surface area contributed by atoms with Crippen LogP contribution in [0.4, 0.5) is 0 Å². The van der Waals surface area contributed by atoms with Gasteiger partial charge in [-0.05, 0) is 32.9 Å². The van der Waals surface area contributed by atoms with Crippen LogP contribution in [-0.4, -0.2) is 31.9 Å². The Morgan fingerprint density at radius 2 is 1.71 bits per heavy atom. The molecule has 3 nitrogen and oxygen atoms in total. The third-order valence-electron chi connectivity index (χ3n) is 2.14. The van der Waals surface area contributed by atoms with Crippen LogP contribution in [0.3, 0.4) is 0 Å². The number of benzene rings is 1. The highest BCUT2D eigenvalue weighted by Crippen LogP contribution is 2.07. The van der Waals surface area contributed by atoms with E-state index in [1.54, 1.807) is 0 Å². The summed E-state index contributed by atoms with van der Waals surface area (Å²) in [5.41, 5.74) is 0.157. The average molecular weight is 237 g/mol. The van der Waals surface area contributed by atoms with E-state index in [2.05, 4.69) is 26.1 Å². The Kier molecular flexibility index (Phi) is 6.01. The first-order chi connectivity index (χ1) is 8.08. The molecule has 0 saturated carbocycles. The smallest absolute Gasteiger partial charge is 0.119 e. The summed E-state index contributed by atoms with van der Waals surface area (Å²) >= 11 is 0. The van der Waals surface area contributed by atoms with Gasteiger partial charge >= 0.3 is 0 Å². The molecule has 0 saturated heterocycles. The summed E-state index contributed by atoms with van der Waals surface area (Å²) in [4.78, 5) is 0. The standard InChI is InChI=1S/C14H23NO2/c1-14(2,3)15-9-10-16-11-12-17-13-7-5-4-6-8-13/h4-8,15H,9-12H2,1-3H3. The van der Waals surface area contributed by atoms with Gasteiger partial charge in [0.2, 0.25) is 0 Å². The van der Waals surface area contributed by atoms with Gasteiger partial charge < -0.3 is 14.8 Å². The quantitative estimate of drug-likeness (QED) is 0.739. The summed E-state index contributed by atoms with van der Waals surface area (Å²) < 4.78 is 11.0. The lowest BCUT2D eigenvalue weighted by atomic mass is 10.1. The van der Waals surface area contributed by atoms with Crippen molar-refractivity contribution in [2.45, 2.75) is 26.3 Å². The van der Waals surface area contributed by atoms with Crippen LogP contribution >= 0.6 is 0 Å². The molecule has 0 aromatic heterocycles. The van der Waals surface area contributed by atoms with Gasteiger partial charge in [0.25, 0.3) is 0 Å². The molecule has 1 rings (SSSR count). The van der Waals surface area contributed by atoms with Crippen molar-refractivity contribution in [1.82, 2.24) is 5.32 Å². The second-order valence-corrected chi connectivity index (χ2v) is 4.95. The monoisotopic (exact) mass is 237 g/mol. The first kappa shape index (κ1) is 14.0. The molecule has 0 aliphatic carbocycles. The topological polar surface area (TPSA) is 30.5 Å². The van der Waals surface area contributed by atoms with Gasteiger partial charge in [0, 0.05) is 12.1 Å². The molecule has 1 aromatic rings. The van der Waals surface area contributed by atoms with Gasteiger partial charge in [-0.15, -0.1) is 0 Å². The maximum absolute atomic E-state index is 5.51. The van der Waals surface area contributed by atoms with Gasteiger partial charge in [-0.3, -0.25) is 0 Å². The Morgan fingerprint density at radius 3 is 2.35 bits per heavy atom. The van der Waals surface area contributed by atoms with Crippen LogP contribution in [0.25, 0.3) is 0 Å². The molecular weight excluding hydrogens is 214 g/mol. The molecule has 0 amide bonds. The first-order valence-corrected chi connectivity index (χ1v) is 6.08. The highest BCUT2D eigenvalue weighted by molar-refractivity contribution is 5.20. The molecule has 0 fully saturated rings. The zero-order chi connectivity index (χ0) is 12.6. The lowest BCUT2D eigenvalue weighted by molar-refractivity contribution is 0.0985. The molecule has 0 aliphatic rings. The summed E-state index contributed by atoms with van der Waals surface area (Å²) in [6.07, 6.45) is 0. The Morgan fingerprint density at radius 1 is 1.00 bits per heavy atom. The molecule has 0 aliphatic heterocycles. The summed E-state index contributed by atoms with van der Waals surface area (Å²) in [5, 5.41) is 3.36. The SMILES string of the molecule is CC(C)(C)NCCOCCOc1ccccc1. The fraction of sp³-hybridized carbons (Fsp3) is 0.571. The van der Waals surface area contributed by atoms with Gasteiger partial charge in [0.05, 0.1) is 13.2 Å². The fourth-order valence-corrected chi connectivity index (χ4v) is 1.34. The van der Waals surface area contributed by atoms with Gasteiger partial charge in [0.15, 0.2) is 0 Å². The number of ether oxygens (including phenoxy) is 2. The van der Waals surface area contributed by atoms with E-state index in [0.29, 0.717) is 13.2 Å². The maximum Gasteiger partial charge on any atom is 0.119 e. The van der Waals surface area contributed by atoms with E-state index < -0.39 is 0 Å². The van der Waals surface area contributed by atoms with Gasteiger partial charge in [-0.25, -0.2) is 0 Å². The number of para-hydroxylation sites is 1. The van der Waals surface area contributed by atoms with E-state index in [4.69, 9.17) is 9.47 Å². The van der Waals surface area contributed by atoms with Crippen molar-refractivity contribution in [3.8, 4) is 5.75 Å². The molecule has 0 heterocycles. The van der Waals surface area contributed by atoms with E-state index in [1.165, 1.54) is 0 Å². The number of hydrogen-bond acceptors (Lipinski definition) is 3. The largest absolute Gasteiger partial charge is 0.491 e. The maximum atomic E-state index is 5.51. The second kappa shape index (κ2) is 7.30. The minimum absolute atomic E-state index is 0.157. The molecule has 0 radical (unpaired) electrons. The number of nitrogens with one attached hydrogen (secondary N) is 1. The summed E-state index contributed by atoms with van der Waals surface area (Å²) in [5.74, 6) is 0.893. The Labute approximate surface area is 104 Å². The molecule has 0 bridgehead atoms. The average Bonchev–Trinajstić information content (AvgIpc) is 2.28. The lowest BCUT2D eigenvalue weighted by Gasteiger charge is -2.20. The third-order valence-corrected chi connectivity index (χ3v) is 2.14. The molecule has 1 N–H and O–H groups in total. The number of rotatable bonds is 7. The highest BCUT2D eigenvalue weighted by atomic mass is 16.5. The molecule has 0 unspecified atom stereocenters. The van der Waals surface area contributed by atoms with Gasteiger partial charge in [-0.1, -0.05) is 18.2 Å². The number of hydrogen-bond donors (Lipinski definition) is 1. The predicted octanol–water partition coefficient (Wildman–Crippen LogP) is 2.47. The molecule has 17 heavy (non-hydrogen) atoms. The van der Waals surface area contributed by atoms with E-state index >= 15 is 0 Å². The lowest BCUT2D eigenvalue weighted by Crippen LogP contribution is -2.38. The van der Waals surface area contributed by atoms with Crippen LogP contribution in [0.5, 0.6) is 5.75 Å². The van der Waals surface area contributed by atoms with Crippen LogP contribution < -0.4 is 10.1 Å². The van der Waals surface area contributed by atoms with Crippen molar-refractivity contribution >= 4 is 0 Å². The molecule has 0 atom stereocenters. The van der Waals surface area contributed by atoms with Gasteiger partial charge in [-0.2, -0.15) is 0 Å². The van der Waals surface area contributed by atoms with Crippen molar-refractivity contribution in [2.75, 3.05) is 26.4 Å². The molecule has 1 aromatic carbocycles. The van der Waals surface area contributed by atoms with Crippen LogP contribution in [0, 0.1) is 0 Å². The Balaban J connectivity index is 1.95. The first-order valence-electron chi connectivity index (χ1n) is 6.08. The van der Waals surface area contributed by atoms with Crippen LogP contribution in [-0.2, 0) is 4.74 Å². The summed E-state index contributed by atoms with van der Waals surface area (Å²) in [6, 6.07) is 9.79. The third kappa shape index (κ3) is 7.77. The minimum atomic E-state index is 0.157. The predicted molar refractivity (Wildman–Crippen MR) is 70.5 cm³/mol. The van der Waals surface area contributed by atoms with Crippen LogP contribution in [0.2, 0.25) is 0 Å². The molecular formula is C14H23NO2. The van der Waals surface area contributed by atoms with E-state index in [0.717, 1.165) is 18.9 Å². The molecule has 3 heteroatoms. The van der Waals surface area contributed by atoms with Gasteiger partial charge in [0.1, 0.15) is 12.4 Å². The van der Waals surface area contributed by atoms with Crippen molar-refractivity contribution in [3.63, 3.8) is 0 Å². The van der Waals surface area contributed by atoms with E-state index in [1.807, 2.05) is 30.3 Å². The van der Waals surface area contributed by atoms with Crippen molar-refractivity contribution < 1.29 is 9.47 Å². The van der Waals surface area contributed by atoms with Crippen molar-refractivity contribution in [2.24, 2.45) is 0 Å². The zero-order valence-corrected chi connectivity index (χ0v) is 11.0. The summed E-state index contributed by atoms with van der Waals surface area (Å²) in [6.45, 7) is 9.24. The normalized spacial score (nSPS) is 11.5. The molecule has 96 valence electrons. The Bertz CT molecular complexity index is 293. The van der Waals surface area contributed by atoms with Crippen LogP contribution in [0.1, 0.15) is 20.8 Å². The fourth-order valence-electron chi connectivity index (χ4n) is 1.34. The second-order valence-electron chi connectivity index (χ2n) is 4.95.